The van der Waals surface area contributed by atoms with Gasteiger partial charge >= 0.3 is 0 Å². The van der Waals surface area contributed by atoms with Crippen molar-refractivity contribution in [3.05, 3.63) is 84.2 Å². The van der Waals surface area contributed by atoms with Gasteiger partial charge in [0.05, 0.1) is 26.3 Å². The Morgan fingerprint density at radius 3 is 2.05 bits per heavy atom. The number of methoxy groups -OCH3 is 2. The van der Waals surface area contributed by atoms with Crippen molar-refractivity contribution < 1.29 is 28.2 Å². The van der Waals surface area contributed by atoms with E-state index < -0.39 is 29.6 Å². The highest BCUT2D eigenvalue weighted by molar-refractivity contribution is 7.80. The number of hydrogen-bond donors (Lipinski definition) is 2. The summed E-state index contributed by atoms with van der Waals surface area (Å²) < 4.78 is 23.5. The van der Waals surface area contributed by atoms with E-state index in [9.17, 15) is 18.8 Å². The number of rotatable bonds is 8. The second-order valence-electron chi connectivity index (χ2n) is 7.97. The molecule has 1 fully saturated rings. The molecule has 37 heavy (non-hydrogen) atoms. The van der Waals surface area contributed by atoms with E-state index in [0.29, 0.717) is 28.4 Å². The molecule has 3 amide bonds. The maximum Gasteiger partial charge on any atom is 0.269 e. The van der Waals surface area contributed by atoms with Crippen molar-refractivity contribution >= 4 is 46.4 Å². The van der Waals surface area contributed by atoms with Crippen LogP contribution in [0.1, 0.15) is 16.8 Å². The molecule has 2 N–H and O–H groups in total. The Morgan fingerprint density at radius 2 is 1.49 bits per heavy atom. The van der Waals surface area contributed by atoms with E-state index in [-0.39, 0.29) is 11.5 Å². The van der Waals surface area contributed by atoms with Gasteiger partial charge in [0.2, 0.25) is 11.0 Å². The Morgan fingerprint density at radius 1 is 0.919 bits per heavy atom. The molecule has 1 aliphatic heterocycles. The molecule has 0 unspecified atom stereocenters. The zero-order chi connectivity index (χ0) is 26.5. The molecule has 4 rings (SSSR count). The number of thiocarbonyl (C=S) groups is 1. The van der Waals surface area contributed by atoms with E-state index in [1.54, 1.807) is 48.5 Å². The summed E-state index contributed by atoms with van der Waals surface area (Å²) in [5.41, 5.74) is 3.76. The predicted octanol–water partition coefficient (Wildman–Crippen LogP) is 3.52. The van der Waals surface area contributed by atoms with Crippen LogP contribution in [-0.4, -0.2) is 48.1 Å². The molecule has 1 saturated heterocycles. The molecule has 1 aliphatic rings. The molecule has 0 radical (unpaired) electrons. The monoisotopic (exact) mass is 522 g/mol. The third-order valence-electron chi connectivity index (χ3n) is 5.63. The Balaban J connectivity index is 1.59. The SMILES string of the molecule is COc1ccc(C(=O)NN2C(=S)N(c3ccc(OC)cc3)C(=O)[C@@H]2CC(=O)Nc2ccc(F)cc2)cc1. The van der Waals surface area contributed by atoms with Crippen LogP contribution in [0.15, 0.2) is 72.8 Å². The zero-order valence-corrected chi connectivity index (χ0v) is 20.8. The van der Waals surface area contributed by atoms with Gasteiger partial charge < -0.3 is 14.8 Å². The third kappa shape index (κ3) is 5.67. The van der Waals surface area contributed by atoms with E-state index in [1.807, 2.05) is 0 Å². The van der Waals surface area contributed by atoms with Crippen LogP contribution >= 0.6 is 12.2 Å². The Hall–Kier alpha value is -4.51. The largest absolute Gasteiger partial charge is 0.497 e. The van der Waals surface area contributed by atoms with Crippen molar-refractivity contribution in [2.45, 2.75) is 12.5 Å². The molecule has 9 nitrogen and oxygen atoms in total. The van der Waals surface area contributed by atoms with Gasteiger partial charge in [0.1, 0.15) is 23.4 Å². The summed E-state index contributed by atoms with van der Waals surface area (Å²) in [5, 5.41) is 3.83. The molecule has 1 atom stereocenters. The zero-order valence-electron chi connectivity index (χ0n) is 19.9. The van der Waals surface area contributed by atoms with Crippen LogP contribution in [0.5, 0.6) is 11.5 Å². The van der Waals surface area contributed by atoms with Crippen LogP contribution in [0, 0.1) is 5.82 Å². The standard InChI is InChI=1S/C26H23FN4O5S/c1-35-20-11-3-16(4-12-20)24(33)29-31-22(15-23(32)28-18-7-5-17(27)6-8-18)25(34)30(26(31)37)19-9-13-21(36-2)14-10-19/h3-14,22H,15H2,1-2H3,(H,28,32)(H,29,33)/t22-/m0/s1. The Kier molecular flexibility index (Phi) is 7.63. The maximum atomic E-state index is 13.5. The first kappa shape index (κ1) is 25.6. The van der Waals surface area contributed by atoms with Crippen molar-refractivity contribution in [2.24, 2.45) is 0 Å². The Labute approximate surface area is 217 Å². The minimum absolute atomic E-state index is 0.00314. The summed E-state index contributed by atoms with van der Waals surface area (Å²) in [6.07, 6.45) is -0.327. The number of hydrazine groups is 1. The van der Waals surface area contributed by atoms with Crippen LogP contribution in [-0.2, 0) is 9.59 Å². The van der Waals surface area contributed by atoms with Gasteiger partial charge in [-0.3, -0.25) is 24.7 Å². The van der Waals surface area contributed by atoms with Gasteiger partial charge in [-0.25, -0.2) is 9.40 Å². The van der Waals surface area contributed by atoms with E-state index >= 15 is 0 Å². The number of carbonyl (C=O) groups excluding carboxylic acids is 3. The summed E-state index contributed by atoms with van der Waals surface area (Å²) in [6.45, 7) is 0. The summed E-state index contributed by atoms with van der Waals surface area (Å²) in [4.78, 5) is 40.5. The minimum atomic E-state index is -1.13. The number of nitrogens with zero attached hydrogens (tertiary/aromatic N) is 2. The molecule has 0 bridgehead atoms. The first-order valence-corrected chi connectivity index (χ1v) is 11.5. The van der Waals surface area contributed by atoms with E-state index in [0.717, 1.165) is 0 Å². The highest BCUT2D eigenvalue weighted by atomic mass is 32.1. The number of ether oxygens (including phenoxy) is 2. The first-order valence-electron chi connectivity index (χ1n) is 11.1. The summed E-state index contributed by atoms with van der Waals surface area (Å²) in [5.74, 6) is -0.840. The summed E-state index contributed by atoms with van der Waals surface area (Å²) in [6, 6.07) is 17.1. The van der Waals surface area contributed by atoms with Crippen LogP contribution in [0.3, 0.4) is 0 Å². The van der Waals surface area contributed by atoms with Crippen molar-refractivity contribution in [1.29, 1.82) is 0 Å². The van der Waals surface area contributed by atoms with Crippen LogP contribution in [0.2, 0.25) is 0 Å². The molecule has 190 valence electrons. The molecule has 0 aromatic heterocycles. The van der Waals surface area contributed by atoms with E-state index in [1.165, 1.54) is 48.4 Å². The lowest BCUT2D eigenvalue weighted by molar-refractivity contribution is -0.124. The number of benzene rings is 3. The van der Waals surface area contributed by atoms with Crippen molar-refractivity contribution in [3.63, 3.8) is 0 Å². The van der Waals surface area contributed by atoms with Crippen LogP contribution < -0.4 is 25.1 Å². The molecule has 0 spiro atoms. The molecular formula is C26H23FN4O5S. The number of carbonyl (C=O) groups is 3. The fourth-order valence-corrected chi connectivity index (χ4v) is 4.07. The average molecular weight is 523 g/mol. The van der Waals surface area contributed by atoms with Crippen LogP contribution in [0.4, 0.5) is 15.8 Å². The molecule has 3 aromatic carbocycles. The third-order valence-corrected chi connectivity index (χ3v) is 6.01. The number of anilines is 2. The van der Waals surface area contributed by atoms with E-state index in [4.69, 9.17) is 21.7 Å². The molecule has 3 aromatic rings. The van der Waals surface area contributed by atoms with Crippen molar-refractivity contribution in [3.8, 4) is 11.5 Å². The second-order valence-corrected chi connectivity index (χ2v) is 8.33. The lowest BCUT2D eigenvalue weighted by Crippen LogP contribution is -2.49. The van der Waals surface area contributed by atoms with Crippen molar-refractivity contribution in [1.82, 2.24) is 10.4 Å². The van der Waals surface area contributed by atoms with Gasteiger partial charge in [0.25, 0.3) is 11.8 Å². The smallest absolute Gasteiger partial charge is 0.269 e. The highest BCUT2D eigenvalue weighted by Gasteiger charge is 2.45. The maximum absolute atomic E-state index is 13.5. The molecule has 11 heteroatoms. The van der Waals surface area contributed by atoms with Gasteiger partial charge in [-0.1, -0.05) is 0 Å². The lowest BCUT2D eigenvalue weighted by Gasteiger charge is -2.24. The van der Waals surface area contributed by atoms with Crippen LogP contribution in [0.25, 0.3) is 0 Å². The fourth-order valence-electron chi connectivity index (χ4n) is 3.71. The van der Waals surface area contributed by atoms with Crippen molar-refractivity contribution in [2.75, 3.05) is 24.4 Å². The van der Waals surface area contributed by atoms with E-state index in [2.05, 4.69) is 10.7 Å². The minimum Gasteiger partial charge on any atom is -0.497 e. The number of hydrogen-bond acceptors (Lipinski definition) is 6. The molecule has 0 saturated carbocycles. The lowest BCUT2D eigenvalue weighted by atomic mass is 10.1. The van der Waals surface area contributed by atoms with Gasteiger partial charge in [-0.2, -0.15) is 0 Å². The highest BCUT2D eigenvalue weighted by Crippen LogP contribution is 2.28. The van der Waals surface area contributed by atoms with Gasteiger partial charge in [-0.15, -0.1) is 0 Å². The second kappa shape index (κ2) is 11.0. The first-order chi connectivity index (χ1) is 17.8. The number of amides is 3. The quantitative estimate of drug-likeness (QED) is 0.437. The Bertz CT molecular complexity index is 1320. The number of halogens is 1. The fraction of sp³-hybridized carbons (Fsp3) is 0.154. The normalized spacial score (nSPS) is 14.9. The molecule has 1 heterocycles. The van der Waals surface area contributed by atoms with Gasteiger partial charge in [0, 0.05) is 11.3 Å². The topological polar surface area (TPSA) is 100 Å². The van der Waals surface area contributed by atoms with Gasteiger partial charge in [-0.05, 0) is 85.0 Å². The number of nitrogens with one attached hydrogen (secondary N) is 2. The average Bonchev–Trinajstić information content (AvgIpc) is 3.13. The summed E-state index contributed by atoms with van der Waals surface area (Å²) in [7, 11) is 3.03. The van der Waals surface area contributed by atoms with Gasteiger partial charge in [0.15, 0.2) is 0 Å². The molecular weight excluding hydrogens is 499 g/mol. The predicted molar refractivity (Wildman–Crippen MR) is 139 cm³/mol. The summed E-state index contributed by atoms with van der Waals surface area (Å²) >= 11 is 5.56. The molecule has 0 aliphatic carbocycles.